The zero-order valence-electron chi connectivity index (χ0n) is 19.8. The van der Waals surface area contributed by atoms with Gasteiger partial charge in [-0.3, -0.25) is 0 Å². The zero-order valence-corrected chi connectivity index (χ0v) is 19.8. The Kier molecular flexibility index (Phi) is 6.20. The molecule has 0 unspecified atom stereocenters. The second-order valence-electron chi connectivity index (χ2n) is 9.46. The van der Waals surface area contributed by atoms with Crippen LogP contribution in [0.1, 0.15) is 61.6 Å². The van der Waals surface area contributed by atoms with Crippen molar-refractivity contribution >= 4 is 0 Å². The number of aliphatic hydroxyl groups excluding tert-OH is 1. The summed E-state index contributed by atoms with van der Waals surface area (Å²) in [5.41, 5.74) is 3.36. The molecule has 8 heteroatoms. The van der Waals surface area contributed by atoms with Crippen molar-refractivity contribution in [1.29, 1.82) is 0 Å². The Morgan fingerprint density at radius 3 is 2.34 bits per heavy atom. The Hall–Kier alpha value is -3.80. The summed E-state index contributed by atoms with van der Waals surface area (Å²) >= 11 is 0. The molecule has 2 aromatic heterocycles. The maximum absolute atomic E-state index is 10.3. The van der Waals surface area contributed by atoms with Gasteiger partial charge in [0.1, 0.15) is 17.5 Å². The highest BCUT2D eigenvalue weighted by molar-refractivity contribution is 5.64. The smallest absolute Gasteiger partial charge is 0.162 e. The van der Waals surface area contributed by atoms with Gasteiger partial charge in [0, 0.05) is 18.0 Å². The Labute approximate surface area is 204 Å². The standard InChI is InChI=1S/C27H28N6O2/c1-27(2,35)26-28-13-14-32(26)24(17-34)12-5-19-3-6-20(7-4-19)21-8-10-22(11-9-21)23-15-25(16-23)33-30-18-29-31-33/h3-4,6-11,13-14,18,23-25,34-35H,15-17H2,1-2H3/t23?,24-,25?/m0/s1. The molecule has 0 radical (unpaired) electrons. The first-order chi connectivity index (χ1) is 16.9. The fourth-order valence-corrected chi connectivity index (χ4v) is 4.49. The van der Waals surface area contributed by atoms with Crippen LogP contribution in [-0.2, 0) is 5.60 Å². The number of hydrogen-bond donors (Lipinski definition) is 2. The van der Waals surface area contributed by atoms with Gasteiger partial charge in [-0.05, 0) is 66.6 Å². The summed E-state index contributed by atoms with van der Waals surface area (Å²) in [7, 11) is 0. The van der Waals surface area contributed by atoms with Crippen molar-refractivity contribution in [1.82, 2.24) is 29.8 Å². The number of benzene rings is 2. The minimum absolute atomic E-state index is 0.173. The average molecular weight is 469 g/mol. The quantitative estimate of drug-likeness (QED) is 0.420. The third-order valence-corrected chi connectivity index (χ3v) is 6.51. The van der Waals surface area contributed by atoms with Crippen molar-refractivity contribution in [2.75, 3.05) is 6.61 Å². The van der Waals surface area contributed by atoms with E-state index in [4.69, 9.17) is 0 Å². The summed E-state index contributed by atoms with van der Waals surface area (Å²) in [5.74, 6) is 7.24. The maximum Gasteiger partial charge on any atom is 0.162 e. The van der Waals surface area contributed by atoms with Crippen LogP contribution in [-0.4, -0.2) is 46.6 Å². The van der Waals surface area contributed by atoms with Crippen molar-refractivity contribution < 1.29 is 10.2 Å². The van der Waals surface area contributed by atoms with Crippen LogP contribution in [0.25, 0.3) is 11.1 Å². The van der Waals surface area contributed by atoms with Crippen LogP contribution in [0.3, 0.4) is 0 Å². The molecule has 0 saturated heterocycles. The van der Waals surface area contributed by atoms with Gasteiger partial charge in [-0.2, -0.15) is 4.80 Å². The lowest BCUT2D eigenvalue weighted by Gasteiger charge is -2.34. The number of tetrazole rings is 1. The molecule has 2 aromatic carbocycles. The van der Waals surface area contributed by atoms with Gasteiger partial charge in [-0.1, -0.05) is 48.2 Å². The summed E-state index contributed by atoms with van der Waals surface area (Å²) in [4.78, 5) is 5.93. The second kappa shape index (κ2) is 9.45. The molecule has 8 nitrogen and oxygen atoms in total. The van der Waals surface area contributed by atoms with Crippen LogP contribution < -0.4 is 0 Å². The predicted molar refractivity (Wildman–Crippen MR) is 131 cm³/mol. The lowest BCUT2D eigenvalue weighted by molar-refractivity contribution is 0.0626. The van der Waals surface area contributed by atoms with Crippen LogP contribution in [0.4, 0.5) is 0 Å². The van der Waals surface area contributed by atoms with Crippen molar-refractivity contribution in [2.45, 2.75) is 50.3 Å². The summed E-state index contributed by atoms with van der Waals surface area (Å²) < 4.78 is 1.72. The Morgan fingerprint density at radius 2 is 1.74 bits per heavy atom. The zero-order chi connectivity index (χ0) is 24.4. The van der Waals surface area contributed by atoms with E-state index in [-0.39, 0.29) is 6.61 Å². The summed E-state index contributed by atoms with van der Waals surface area (Å²) in [6.07, 6.45) is 6.89. The molecule has 1 aliphatic rings. The molecule has 178 valence electrons. The minimum atomic E-state index is -1.12. The van der Waals surface area contributed by atoms with Gasteiger partial charge < -0.3 is 14.8 Å². The van der Waals surface area contributed by atoms with E-state index in [0.29, 0.717) is 17.8 Å². The van der Waals surface area contributed by atoms with E-state index >= 15 is 0 Å². The highest BCUT2D eigenvalue weighted by atomic mass is 16.3. The fourth-order valence-electron chi connectivity index (χ4n) is 4.49. The molecule has 1 aliphatic carbocycles. The van der Waals surface area contributed by atoms with Crippen molar-refractivity contribution in [3.8, 4) is 23.0 Å². The Bertz CT molecular complexity index is 1320. The number of imidazole rings is 1. The molecule has 0 amide bonds. The third-order valence-electron chi connectivity index (χ3n) is 6.51. The molecule has 1 saturated carbocycles. The number of aromatic nitrogens is 6. The average Bonchev–Trinajstić information content (AvgIpc) is 3.52. The molecule has 1 fully saturated rings. The highest BCUT2D eigenvalue weighted by Gasteiger charge is 2.33. The lowest BCUT2D eigenvalue weighted by Crippen LogP contribution is -2.27. The SMILES string of the molecule is CC(C)(O)c1nccn1[C@@H](C#Cc1ccc(-c2ccc(C3CC(n4ncnn4)C3)cc2)cc1)CO. The molecular weight excluding hydrogens is 440 g/mol. The molecule has 2 N–H and O–H groups in total. The number of hydrogen-bond acceptors (Lipinski definition) is 6. The third kappa shape index (κ3) is 4.87. The monoisotopic (exact) mass is 468 g/mol. The normalized spacial score (nSPS) is 18.4. The van der Waals surface area contributed by atoms with Crippen molar-refractivity contribution in [3.05, 3.63) is 84.2 Å². The molecule has 0 spiro atoms. The predicted octanol–water partition coefficient (Wildman–Crippen LogP) is 3.47. The summed E-state index contributed by atoms with van der Waals surface area (Å²) in [6, 6.07) is 16.7. The van der Waals surface area contributed by atoms with Crippen molar-refractivity contribution in [2.24, 2.45) is 0 Å². The molecule has 0 bridgehead atoms. The van der Waals surface area contributed by atoms with Gasteiger partial charge >= 0.3 is 0 Å². The van der Waals surface area contributed by atoms with Gasteiger partial charge in [-0.25, -0.2) is 4.98 Å². The van der Waals surface area contributed by atoms with E-state index in [1.807, 2.05) is 12.1 Å². The van der Waals surface area contributed by atoms with E-state index in [9.17, 15) is 10.2 Å². The van der Waals surface area contributed by atoms with Crippen molar-refractivity contribution in [3.63, 3.8) is 0 Å². The highest BCUT2D eigenvalue weighted by Crippen LogP contribution is 2.44. The molecule has 4 aromatic rings. The molecule has 0 aliphatic heterocycles. The van der Waals surface area contributed by atoms with Crippen LogP contribution in [0.5, 0.6) is 0 Å². The van der Waals surface area contributed by atoms with Crippen LogP contribution in [0, 0.1) is 11.8 Å². The number of nitrogens with zero attached hydrogens (tertiary/aromatic N) is 6. The summed E-state index contributed by atoms with van der Waals surface area (Å²) in [5, 5.41) is 32.1. The number of rotatable bonds is 6. The first-order valence-electron chi connectivity index (χ1n) is 11.7. The van der Waals surface area contributed by atoms with E-state index in [1.165, 1.54) is 11.9 Å². The van der Waals surface area contributed by atoms with Crippen LogP contribution >= 0.6 is 0 Å². The van der Waals surface area contributed by atoms with Gasteiger partial charge in [0.15, 0.2) is 6.33 Å². The van der Waals surface area contributed by atoms with E-state index in [2.05, 4.69) is 68.6 Å². The largest absolute Gasteiger partial charge is 0.393 e. The van der Waals surface area contributed by atoms with Gasteiger partial charge in [0.25, 0.3) is 0 Å². The van der Waals surface area contributed by atoms with E-state index < -0.39 is 11.6 Å². The van der Waals surface area contributed by atoms with E-state index in [1.54, 1.807) is 35.6 Å². The lowest BCUT2D eigenvalue weighted by atomic mass is 9.76. The van der Waals surface area contributed by atoms with Gasteiger partial charge in [0.05, 0.1) is 12.6 Å². The van der Waals surface area contributed by atoms with Crippen LogP contribution in [0.15, 0.2) is 67.3 Å². The molecule has 2 heterocycles. The first-order valence-corrected chi connectivity index (χ1v) is 11.7. The number of aliphatic hydroxyl groups is 2. The topological polar surface area (TPSA) is 102 Å². The molecular formula is C27H28N6O2. The molecule has 1 atom stereocenters. The second-order valence-corrected chi connectivity index (χ2v) is 9.46. The summed E-state index contributed by atoms with van der Waals surface area (Å²) in [6.45, 7) is 3.16. The van der Waals surface area contributed by atoms with Gasteiger partial charge in [0.2, 0.25) is 0 Å². The Morgan fingerprint density at radius 1 is 1.06 bits per heavy atom. The van der Waals surface area contributed by atoms with Crippen LogP contribution in [0.2, 0.25) is 0 Å². The fraction of sp³-hybridized carbons (Fsp3) is 0.333. The first kappa shape index (κ1) is 23.0. The van der Waals surface area contributed by atoms with E-state index in [0.717, 1.165) is 29.5 Å². The Balaban J connectivity index is 1.24. The minimum Gasteiger partial charge on any atom is -0.393 e. The van der Waals surface area contributed by atoms with Gasteiger partial charge in [-0.15, -0.1) is 10.2 Å². The maximum atomic E-state index is 10.3. The molecule has 5 rings (SSSR count). The molecule has 35 heavy (non-hydrogen) atoms.